The largest absolute Gasteiger partial charge is 0.508 e. The van der Waals surface area contributed by atoms with Gasteiger partial charge in [0.2, 0.25) is 0 Å². The van der Waals surface area contributed by atoms with Crippen LogP contribution >= 0.6 is 0 Å². The molecule has 0 aliphatic carbocycles. The summed E-state index contributed by atoms with van der Waals surface area (Å²) in [7, 11) is 0. The number of hydrogen-bond donors (Lipinski definition) is 2. The van der Waals surface area contributed by atoms with E-state index in [2.05, 4.69) is 20.3 Å². The minimum Gasteiger partial charge on any atom is -0.508 e. The van der Waals surface area contributed by atoms with Crippen molar-refractivity contribution >= 4 is 11.6 Å². The van der Waals surface area contributed by atoms with Gasteiger partial charge in [0.25, 0.3) is 5.91 Å². The lowest BCUT2D eigenvalue weighted by Crippen LogP contribution is -2.35. The van der Waals surface area contributed by atoms with E-state index in [9.17, 15) is 9.90 Å². The third-order valence-corrected chi connectivity index (χ3v) is 6.97. The summed E-state index contributed by atoms with van der Waals surface area (Å²) in [6, 6.07) is 19.5. The molecule has 1 fully saturated rings. The number of phenolic OH excluding ortho intramolecular Hbond substituents is 1. The fourth-order valence-electron chi connectivity index (χ4n) is 4.82. The Labute approximate surface area is 205 Å². The number of carbonyl (C=O) groups excluding carboxylic acids is 1. The van der Waals surface area contributed by atoms with Crippen molar-refractivity contribution < 1.29 is 9.90 Å². The molecule has 4 aromatic rings. The predicted molar refractivity (Wildman–Crippen MR) is 136 cm³/mol. The number of aryl methyl sites for hydroxylation is 1. The molecule has 1 saturated heterocycles. The molecule has 0 atom stereocenters. The summed E-state index contributed by atoms with van der Waals surface area (Å²) < 4.78 is 1.75. The lowest BCUT2D eigenvalue weighted by molar-refractivity contribution is 0.0946. The smallest absolute Gasteiger partial charge is 0.254 e. The van der Waals surface area contributed by atoms with Gasteiger partial charge in [-0.05, 0) is 51.3 Å². The molecule has 2 N–H and O–H groups in total. The first-order valence-corrected chi connectivity index (χ1v) is 12.3. The molecule has 1 aliphatic heterocycles. The van der Waals surface area contributed by atoms with Crippen LogP contribution in [0.2, 0.25) is 0 Å². The van der Waals surface area contributed by atoms with Crippen LogP contribution in [-0.2, 0) is 6.54 Å². The Morgan fingerprint density at radius 3 is 2.60 bits per heavy atom. The van der Waals surface area contributed by atoms with Gasteiger partial charge < -0.3 is 10.4 Å². The molecule has 0 spiro atoms. The van der Waals surface area contributed by atoms with Crippen molar-refractivity contribution in [2.75, 3.05) is 19.6 Å². The van der Waals surface area contributed by atoms with Gasteiger partial charge in [0.15, 0.2) is 5.65 Å². The number of nitrogens with zero attached hydrogens (tertiary/aromatic N) is 4. The molecule has 180 valence electrons. The van der Waals surface area contributed by atoms with Crippen molar-refractivity contribution in [2.45, 2.75) is 32.7 Å². The number of hydrogen-bond acceptors (Lipinski definition) is 5. The minimum atomic E-state index is -0.106. The molecule has 0 bridgehead atoms. The molecule has 1 amide bonds. The molecule has 0 radical (unpaired) electrons. The van der Waals surface area contributed by atoms with Crippen molar-refractivity contribution in [1.82, 2.24) is 24.8 Å². The molecular formula is C28H31N5O2. The van der Waals surface area contributed by atoms with Crippen molar-refractivity contribution in [3.63, 3.8) is 0 Å². The molecule has 7 nitrogen and oxygen atoms in total. The number of fused-ring (bicyclic) bond motifs is 1. The number of para-hydroxylation sites is 1. The van der Waals surface area contributed by atoms with E-state index in [0.29, 0.717) is 23.8 Å². The summed E-state index contributed by atoms with van der Waals surface area (Å²) >= 11 is 0. The molecule has 2 aromatic carbocycles. The van der Waals surface area contributed by atoms with Gasteiger partial charge in [-0.3, -0.25) is 9.69 Å². The Kier molecular flexibility index (Phi) is 6.77. The van der Waals surface area contributed by atoms with E-state index >= 15 is 0 Å². The minimum absolute atomic E-state index is 0.106. The highest BCUT2D eigenvalue weighted by Gasteiger charge is 2.21. The summed E-state index contributed by atoms with van der Waals surface area (Å²) in [5.41, 5.74) is 4.91. The van der Waals surface area contributed by atoms with Gasteiger partial charge >= 0.3 is 0 Å². The van der Waals surface area contributed by atoms with Crippen LogP contribution in [0.3, 0.4) is 0 Å². The molecule has 3 heterocycles. The third kappa shape index (κ3) is 5.20. The molecular weight excluding hydrogens is 438 g/mol. The zero-order valence-corrected chi connectivity index (χ0v) is 20.0. The van der Waals surface area contributed by atoms with Crippen LogP contribution in [0, 0.1) is 12.8 Å². The Morgan fingerprint density at radius 2 is 1.83 bits per heavy atom. The molecule has 2 aromatic heterocycles. The molecule has 5 rings (SSSR count). The van der Waals surface area contributed by atoms with Crippen LogP contribution in [0.1, 0.15) is 40.9 Å². The Morgan fingerprint density at radius 1 is 1.09 bits per heavy atom. The van der Waals surface area contributed by atoms with Gasteiger partial charge in [-0.1, -0.05) is 48.5 Å². The zero-order valence-electron chi connectivity index (χ0n) is 20.0. The van der Waals surface area contributed by atoms with Crippen LogP contribution in [0.25, 0.3) is 16.9 Å². The van der Waals surface area contributed by atoms with Gasteiger partial charge in [0, 0.05) is 36.5 Å². The summed E-state index contributed by atoms with van der Waals surface area (Å²) in [6.45, 7) is 5.36. The topological polar surface area (TPSA) is 82.8 Å². The van der Waals surface area contributed by atoms with E-state index in [4.69, 9.17) is 0 Å². The van der Waals surface area contributed by atoms with Gasteiger partial charge in [0.05, 0.1) is 17.0 Å². The quantitative estimate of drug-likeness (QED) is 0.418. The van der Waals surface area contributed by atoms with Crippen molar-refractivity contribution in [1.29, 1.82) is 0 Å². The summed E-state index contributed by atoms with van der Waals surface area (Å²) in [5.74, 6) is 0.856. The van der Waals surface area contributed by atoms with Crippen LogP contribution in [0.4, 0.5) is 0 Å². The van der Waals surface area contributed by atoms with E-state index in [0.717, 1.165) is 67.1 Å². The number of rotatable bonds is 7. The highest BCUT2D eigenvalue weighted by atomic mass is 16.3. The second kappa shape index (κ2) is 10.3. The number of nitrogens with one attached hydrogen (secondary N) is 1. The number of piperidine rings is 1. The summed E-state index contributed by atoms with van der Waals surface area (Å²) in [6.07, 6.45) is 4.82. The fraction of sp³-hybridized carbons (Fsp3) is 0.321. The maximum atomic E-state index is 12.9. The molecule has 0 unspecified atom stereocenters. The maximum absolute atomic E-state index is 12.9. The van der Waals surface area contributed by atoms with E-state index in [1.807, 2.05) is 61.5 Å². The molecule has 0 saturated carbocycles. The molecule has 7 heteroatoms. The lowest BCUT2D eigenvalue weighted by Gasteiger charge is -2.32. The number of aromatic nitrogens is 3. The second-order valence-corrected chi connectivity index (χ2v) is 9.32. The number of benzene rings is 2. The highest BCUT2D eigenvalue weighted by Crippen LogP contribution is 2.24. The average molecular weight is 470 g/mol. The van der Waals surface area contributed by atoms with E-state index in [1.54, 1.807) is 16.8 Å². The van der Waals surface area contributed by atoms with Crippen molar-refractivity contribution in [3.8, 4) is 17.0 Å². The first kappa shape index (κ1) is 23.1. The zero-order chi connectivity index (χ0) is 24.2. The first-order chi connectivity index (χ1) is 17.1. The lowest BCUT2D eigenvalue weighted by atomic mass is 9.93. The van der Waals surface area contributed by atoms with E-state index in [1.165, 1.54) is 0 Å². The molecule has 1 aliphatic rings. The van der Waals surface area contributed by atoms with Gasteiger partial charge in [-0.15, -0.1) is 0 Å². The molecule has 35 heavy (non-hydrogen) atoms. The Balaban J connectivity index is 1.13. The SMILES string of the molecule is Cc1c(C(=O)NCCC2CCN(Cc3ccccc3O)CC2)cnc2cc(-c3ccccc3)nn12. The second-order valence-electron chi connectivity index (χ2n) is 9.32. The number of aromatic hydroxyl groups is 1. The van der Waals surface area contributed by atoms with Crippen LogP contribution < -0.4 is 5.32 Å². The monoisotopic (exact) mass is 469 g/mol. The van der Waals surface area contributed by atoms with Gasteiger partial charge in [-0.25, -0.2) is 9.50 Å². The first-order valence-electron chi connectivity index (χ1n) is 12.3. The summed E-state index contributed by atoms with van der Waals surface area (Å²) in [5, 5.41) is 17.8. The fourth-order valence-corrected chi connectivity index (χ4v) is 4.82. The normalized spacial score (nSPS) is 14.9. The standard InChI is InChI=1S/C28H31N5O2/c1-20-24(18-30-27-17-25(31-33(20)27)22-7-3-2-4-8-22)28(35)29-14-11-21-12-15-32(16-13-21)19-23-9-5-6-10-26(23)34/h2-10,17-18,21,34H,11-16,19H2,1H3,(H,29,35). The third-order valence-electron chi connectivity index (χ3n) is 6.97. The number of carbonyl (C=O) groups is 1. The van der Waals surface area contributed by atoms with Crippen LogP contribution in [0.5, 0.6) is 5.75 Å². The van der Waals surface area contributed by atoms with Gasteiger partial charge in [-0.2, -0.15) is 5.10 Å². The van der Waals surface area contributed by atoms with Crippen molar-refractivity contribution in [3.05, 3.63) is 83.7 Å². The number of phenols is 1. The summed E-state index contributed by atoms with van der Waals surface area (Å²) in [4.78, 5) is 19.8. The van der Waals surface area contributed by atoms with Crippen LogP contribution in [0.15, 0.2) is 66.9 Å². The number of amides is 1. The van der Waals surface area contributed by atoms with E-state index < -0.39 is 0 Å². The Hall–Kier alpha value is -3.71. The highest BCUT2D eigenvalue weighted by molar-refractivity contribution is 5.95. The van der Waals surface area contributed by atoms with Gasteiger partial charge in [0.1, 0.15) is 5.75 Å². The predicted octanol–water partition coefficient (Wildman–Crippen LogP) is 4.44. The van der Waals surface area contributed by atoms with Crippen molar-refractivity contribution in [2.24, 2.45) is 5.92 Å². The number of likely N-dealkylation sites (tertiary alicyclic amines) is 1. The maximum Gasteiger partial charge on any atom is 0.254 e. The Bertz CT molecular complexity index is 1310. The average Bonchev–Trinajstić information content (AvgIpc) is 3.33. The van der Waals surface area contributed by atoms with E-state index in [-0.39, 0.29) is 5.91 Å². The van der Waals surface area contributed by atoms with Crippen LogP contribution in [-0.4, -0.2) is 50.1 Å².